The van der Waals surface area contributed by atoms with E-state index in [1.807, 2.05) is 0 Å². The summed E-state index contributed by atoms with van der Waals surface area (Å²) in [5, 5.41) is 3.12. The van der Waals surface area contributed by atoms with Crippen LogP contribution in [0.4, 0.5) is 13.2 Å². The largest absolute Gasteiger partial charge is 0.393 e. The van der Waals surface area contributed by atoms with Gasteiger partial charge >= 0.3 is 6.18 Å². The molecule has 17 heavy (non-hydrogen) atoms. The van der Waals surface area contributed by atoms with Crippen LogP contribution in [0.25, 0.3) is 0 Å². The van der Waals surface area contributed by atoms with E-state index in [4.69, 9.17) is 4.74 Å². The molecule has 5 heteroatoms. The first-order chi connectivity index (χ1) is 8.06. The van der Waals surface area contributed by atoms with Gasteiger partial charge in [-0.3, -0.25) is 0 Å². The van der Waals surface area contributed by atoms with Crippen molar-refractivity contribution in [1.29, 1.82) is 0 Å². The van der Waals surface area contributed by atoms with Crippen LogP contribution >= 0.6 is 0 Å². The smallest absolute Gasteiger partial charge is 0.371 e. The highest BCUT2D eigenvalue weighted by Gasteiger charge is 2.30. The third-order valence-corrected chi connectivity index (χ3v) is 2.72. The number of morpholine rings is 1. The molecule has 1 atom stereocenters. The van der Waals surface area contributed by atoms with Crippen molar-refractivity contribution in [2.75, 3.05) is 19.7 Å². The second-order valence-electron chi connectivity index (χ2n) is 4.05. The van der Waals surface area contributed by atoms with Crippen molar-refractivity contribution in [2.24, 2.45) is 0 Å². The molecule has 2 nitrogen and oxygen atoms in total. The third kappa shape index (κ3) is 3.44. The molecule has 2 rings (SSSR count). The van der Waals surface area contributed by atoms with E-state index in [0.717, 1.165) is 6.54 Å². The van der Waals surface area contributed by atoms with Gasteiger partial charge in [-0.1, -0.05) is 24.3 Å². The monoisotopic (exact) mass is 245 g/mol. The molecular formula is C12H14F3NO. The topological polar surface area (TPSA) is 21.3 Å². The van der Waals surface area contributed by atoms with Gasteiger partial charge in [-0.05, 0) is 11.1 Å². The lowest BCUT2D eigenvalue weighted by atomic mass is 9.99. The minimum Gasteiger partial charge on any atom is -0.371 e. The zero-order valence-corrected chi connectivity index (χ0v) is 9.26. The van der Waals surface area contributed by atoms with E-state index in [9.17, 15) is 13.2 Å². The standard InChI is InChI=1S/C12H14F3NO/c13-12(14,15)7-9-3-1-2-4-10(9)11-8-16-5-6-17-11/h1-4,11,16H,5-8H2. The van der Waals surface area contributed by atoms with E-state index in [1.165, 1.54) is 6.07 Å². The summed E-state index contributed by atoms with van der Waals surface area (Å²) in [4.78, 5) is 0. The molecule has 0 saturated carbocycles. The second kappa shape index (κ2) is 5.06. The lowest BCUT2D eigenvalue weighted by Gasteiger charge is -2.26. The number of ether oxygens (including phenoxy) is 1. The van der Waals surface area contributed by atoms with Gasteiger partial charge in [0.25, 0.3) is 0 Å². The van der Waals surface area contributed by atoms with E-state index in [-0.39, 0.29) is 6.10 Å². The van der Waals surface area contributed by atoms with Crippen molar-refractivity contribution in [3.05, 3.63) is 35.4 Å². The van der Waals surface area contributed by atoms with Gasteiger partial charge in [-0.15, -0.1) is 0 Å². The van der Waals surface area contributed by atoms with Gasteiger partial charge in [-0.2, -0.15) is 13.2 Å². The first kappa shape index (κ1) is 12.4. The van der Waals surface area contributed by atoms with Gasteiger partial charge in [0.1, 0.15) is 0 Å². The van der Waals surface area contributed by atoms with E-state index in [1.54, 1.807) is 18.2 Å². The van der Waals surface area contributed by atoms with Crippen LogP contribution in [0.15, 0.2) is 24.3 Å². The maximum absolute atomic E-state index is 12.4. The molecule has 1 heterocycles. The van der Waals surface area contributed by atoms with Crippen LogP contribution in [0.5, 0.6) is 0 Å². The first-order valence-electron chi connectivity index (χ1n) is 5.53. The van der Waals surface area contributed by atoms with Crippen LogP contribution in [-0.4, -0.2) is 25.9 Å². The minimum absolute atomic E-state index is 0.276. The number of halogens is 3. The SMILES string of the molecule is FC(F)(F)Cc1ccccc1C1CNCCO1. The molecule has 1 aromatic rings. The summed E-state index contributed by atoms with van der Waals surface area (Å²) in [6.07, 6.45) is -5.36. The van der Waals surface area contributed by atoms with Crippen LogP contribution < -0.4 is 5.32 Å². The summed E-state index contributed by atoms with van der Waals surface area (Å²) in [5.74, 6) is 0. The number of nitrogens with one attached hydrogen (secondary N) is 1. The molecule has 0 aliphatic carbocycles. The van der Waals surface area contributed by atoms with Gasteiger partial charge in [-0.25, -0.2) is 0 Å². The molecule has 1 N–H and O–H groups in total. The average molecular weight is 245 g/mol. The lowest BCUT2D eigenvalue weighted by Crippen LogP contribution is -2.34. The van der Waals surface area contributed by atoms with Gasteiger partial charge in [0.2, 0.25) is 0 Å². The Morgan fingerprint density at radius 2 is 2.06 bits per heavy atom. The molecule has 0 bridgehead atoms. The highest BCUT2D eigenvalue weighted by atomic mass is 19.4. The van der Waals surface area contributed by atoms with E-state index in [2.05, 4.69) is 5.32 Å². The van der Waals surface area contributed by atoms with Crippen LogP contribution in [-0.2, 0) is 11.2 Å². The van der Waals surface area contributed by atoms with Crippen LogP contribution in [0, 0.1) is 0 Å². The van der Waals surface area contributed by atoms with Crippen LogP contribution in [0.2, 0.25) is 0 Å². The Balaban J connectivity index is 2.20. The van der Waals surface area contributed by atoms with E-state index in [0.29, 0.717) is 24.3 Å². The van der Waals surface area contributed by atoms with Gasteiger partial charge in [0, 0.05) is 13.1 Å². The van der Waals surface area contributed by atoms with Crippen LogP contribution in [0.1, 0.15) is 17.2 Å². The zero-order chi connectivity index (χ0) is 12.3. The first-order valence-corrected chi connectivity index (χ1v) is 5.53. The molecule has 94 valence electrons. The van der Waals surface area contributed by atoms with Gasteiger partial charge < -0.3 is 10.1 Å². The van der Waals surface area contributed by atoms with E-state index < -0.39 is 12.6 Å². The van der Waals surface area contributed by atoms with Crippen LogP contribution in [0.3, 0.4) is 0 Å². The maximum atomic E-state index is 12.4. The number of rotatable bonds is 2. The molecule has 0 amide bonds. The molecule has 0 spiro atoms. The molecule has 0 radical (unpaired) electrons. The lowest BCUT2D eigenvalue weighted by molar-refractivity contribution is -0.127. The van der Waals surface area contributed by atoms with E-state index >= 15 is 0 Å². The summed E-state index contributed by atoms with van der Waals surface area (Å²) < 4.78 is 42.8. The summed E-state index contributed by atoms with van der Waals surface area (Å²) in [7, 11) is 0. The molecular weight excluding hydrogens is 231 g/mol. The van der Waals surface area contributed by atoms with Crippen molar-refractivity contribution in [2.45, 2.75) is 18.7 Å². The normalized spacial score (nSPS) is 21.5. The Bertz CT molecular complexity index is 372. The average Bonchev–Trinajstić information content (AvgIpc) is 2.29. The molecule has 1 aliphatic heterocycles. The fourth-order valence-electron chi connectivity index (χ4n) is 1.99. The Kier molecular flexibility index (Phi) is 3.69. The molecule has 1 aromatic carbocycles. The fourth-order valence-corrected chi connectivity index (χ4v) is 1.99. The molecule has 1 aliphatic rings. The van der Waals surface area contributed by atoms with Crippen molar-refractivity contribution < 1.29 is 17.9 Å². The van der Waals surface area contributed by atoms with Gasteiger partial charge in [0.05, 0.1) is 19.1 Å². The summed E-state index contributed by atoms with van der Waals surface area (Å²) in [6.45, 7) is 1.85. The molecule has 1 fully saturated rings. The summed E-state index contributed by atoms with van der Waals surface area (Å²) in [6, 6.07) is 6.59. The molecule has 0 aromatic heterocycles. The Hall–Kier alpha value is -1.07. The van der Waals surface area contributed by atoms with Crippen molar-refractivity contribution >= 4 is 0 Å². The number of hydrogen-bond acceptors (Lipinski definition) is 2. The summed E-state index contributed by atoms with van der Waals surface area (Å²) in [5.41, 5.74) is 0.936. The third-order valence-electron chi connectivity index (χ3n) is 2.72. The fraction of sp³-hybridized carbons (Fsp3) is 0.500. The Labute approximate surface area is 97.8 Å². The van der Waals surface area contributed by atoms with Crippen molar-refractivity contribution in [3.63, 3.8) is 0 Å². The second-order valence-corrected chi connectivity index (χ2v) is 4.05. The number of benzene rings is 1. The predicted octanol–water partition coefficient (Wildman–Crippen LogP) is 2.45. The van der Waals surface area contributed by atoms with Crippen molar-refractivity contribution in [3.8, 4) is 0 Å². The highest BCUT2D eigenvalue weighted by molar-refractivity contribution is 5.30. The minimum atomic E-state index is -4.18. The predicted molar refractivity (Wildman–Crippen MR) is 57.8 cm³/mol. The molecule has 1 saturated heterocycles. The molecule has 1 unspecified atom stereocenters. The summed E-state index contributed by atoms with van der Waals surface area (Å²) >= 11 is 0. The Morgan fingerprint density at radius 3 is 2.71 bits per heavy atom. The quantitative estimate of drug-likeness (QED) is 0.864. The zero-order valence-electron chi connectivity index (χ0n) is 9.26. The highest BCUT2D eigenvalue weighted by Crippen LogP contribution is 2.28. The maximum Gasteiger partial charge on any atom is 0.393 e. The van der Waals surface area contributed by atoms with Crippen molar-refractivity contribution in [1.82, 2.24) is 5.32 Å². The Morgan fingerprint density at radius 1 is 1.29 bits per heavy atom. The van der Waals surface area contributed by atoms with Gasteiger partial charge in [0.15, 0.2) is 0 Å². The number of hydrogen-bond donors (Lipinski definition) is 1. The number of alkyl halides is 3.